The van der Waals surface area contributed by atoms with Gasteiger partial charge in [-0.3, -0.25) is 9.78 Å². The van der Waals surface area contributed by atoms with Crippen LogP contribution in [-0.2, 0) is 20.9 Å². The van der Waals surface area contributed by atoms with E-state index in [1.165, 1.54) is 0 Å². The fourth-order valence-corrected chi connectivity index (χ4v) is 4.09. The summed E-state index contributed by atoms with van der Waals surface area (Å²) >= 11 is 0. The molecule has 4 rings (SSSR count). The van der Waals surface area contributed by atoms with Crippen molar-refractivity contribution in [3.63, 3.8) is 0 Å². The predicted octanol–water partition coefficient (Wildman–Crippen LogP) is 2.78. The first-order valence-corrected chi connectivity index (χ1v) is 9.30. The Bertz CT molecular complexity index is 679. The van der Waals surface area contributed by atoms with Crippen LogP contribution in [0.5, 0.6) is 0 Å². The quantitative estimate of drug-likeness (QED) is 0.844. The van der Waals surface area contributed by atoms with Crippen LogP contribution < -0.4 is 0 Å². The molecule has 25 heavy (non-hydrogen) atoms. The van der Waals surface area contributed by atoms with Crippen LogP contribution in [0.4, 0.5) is 0 Å². The lowest BCUT2D eigenvalue weighted by Gasteiger charge is -2.53. The van der Waals surface area contributed by atoms with Crippen LogP contribution in [0.2, 0.25) is 0 Å². The third-order valence-electron chi connectivity index (χ3n) is 5.42. The van der Waals surface area contributed by atoms with E-state index < -0.39 is 0 Å². The Hall–Kier alpha value is -1.72. The van der Waals surface area contributed by atoms with E-state index >= 15 is 0 Å². The lowest BCUT2D eigenvalue weighted by Crippen LogP contribution is -2.67. The van der Waals surface area contributed by atoms with E-state index in [4.69, 9.17) is 9.47 Å². The summed E-state index contributed by atoms with van der Waals surface area (Å²) in [5.74, 6) is 0.207. The summed E-state index contributed by atoms with van der Waals surface area (Å²) in [4.78, 5) is 18.9. The number of hydrogen-bond acceptors (Lipinski definition) is 4. The first-order chi connectivity index (χ1) is 12.1. The predicted molar refractivity (Wildman–Crippen MR) is 94.0 cm³/mol. The van der Waals surface area contributed by atoms with E-state index in [1.54, 1.807) is 0 Å². The number of allylic oxidation sites excluding steroid dienone is 1. The minimum absolute atomic E-state index is 0.180. The van der Waals surface area contributed by atoms with Gasteiger partial charge in [-0.1, -0.05) is 12.1 Å². The van der Waals surface area contributed by atoms with Crippen LogP contribution >= 0.6 is 0 Å². The lowest BCUT2D eigenvalue weighted by atomic mass is 9.84. The highest BCUT2D eigenvalue weighted by Gasteiger charge is 2.50. The van der Waals surface area contributed by atoms with Crippen LogP contribution in [0, 0.1) is 6.92 Å². The molecule has 2 saturated heterocycles. The summed E-state index contributed by atoms with van der Waals surface area (Å²) in [6, 6.07) is 6.01. The Morgan fingerprint density at radius 2 is 2.32 bits per heavy atom. The molecule has 1 atom stereocenters. The number of nitrogens with zero attached hydrogens (tertiary/aromatic N) is 2. The van der Waals surface area contributed by atoms with Crippen LogP contribution in [-0.4, -0.2) is 47.2 Å². The number of amides is 1. The molecule has 2 aliphatic heterocycles. The van der Waals surface area contributed by atoms with Crippen LogP contribution in [0.1, 0.15) is 43.5 Å². The average Bonchev–Trinajstić information content (AvgIpc) is 3.12. The summed E-state index contributed by atoms with van der Waals surface area (Å²) in [6.45, 7) is 4.64. The third-order valence-corrected chi connectivity index (χ3v) is 5.42. The van der Waals surface area contributed by atoms with Gasteiger partial charge in [0.2, 0.25) is 5.91 Å². The molecule has 1 spiro atoms. The first kappa shape index (κ1) is 16.7. The van der Waals surface area contributed by atoms with Crippen molar-refractivity contribution in [2.24, 2.45) is 0 Å². The van der Waals surface area contributed by atoms with Crippen molar-refractivity contribution in [1.29, 1.82) is 0 Å². The number of hydrogen-bond donors (Lipinski definition) is 0. The molecule has 1 aliphatic carbocycles. The van der Waals surface area contributed by atoms with Crippen molar-refractivity contribution in [2.75, 3.05) is 19.7 Å². The Balaban J connectivity index is 1.29. The van der Waals surface area contributed by atoms with Gasteiger partial charge in [0, 0.05) is 24.3 Å². The minimum atomic E-state index is -0.197. The summed E-state index contributed by atoms with van der Waals surface area (Å²) in [6.07, 6.45) is 7.13. The number of aryl methyl sites for hydroxylation is 1. The van der Waals surface area contributed by atoms with Crippen molar-refractivity contribution in [3.05, 3.63) is 41.2 Å². The Morgan fingerprint density at radius 1 is 1.44 bits per heavy atom. The van der Waals surface area contributed by atoms with Gasteiger partial charge in [0.05, 0.1) is 31.5 Å². The van der Waals surface area contributed by atoms with Gasteiger partial charge in [-0.05, 0) is 44.7 Å². The summed E-state index contributed by atoms with van der Waals surface area (Å²) < 4.78 is 12.1. The van der Waals surface area contributed by atoms with E-state index in [-0.39, 0.29) is 17.6 Å². The molecule has 3 aliphatic rings. The van der Waals surface area contributed by atoms with E-state index in [2.05, 4.69) is 11.1 Å². The molecule has 3 heterocycles. The molecule has 5 nitrogen and oxygen atoms in total. The highest BCUT2D eigenvalue weighted by atomic mass is 16.5. The zero-order valence-electron chi connectivity index (χ0n) is 14.9. The van der Waals surface area contributed by atoms with Gasteiger partial charge in [0.1, 0.15) is 5.60 Å². The minimum Gasteiger partial charge on any atom is -0.372 e. The van der Waals surface area contributed by atoms with Crippen molar-refractivity contribution in [2.45, 2.75) is 57.3 Å². The normalized spacial score (nSPS) is 24.9. The molecule has 0 aromatic carbocycles. The van der Waals surface area contributed by atoms with Crippen molar-refractivity contribution < 1.29 is 14.3 Å². The highest BCUT2D eigenvalue weighted by molar-refractivity contribution is 5.94. The lowest BCUT2D eigenvalue weighted by molar-refractivity contribution is -0.200. The van der Waals surface area contributed by atoms with E-state index in [9.17, 15) is 4.79 Å². The van der Waals surface area contributed by atoms with Crippen molar-refractivity contribution in [1.82, 2.24) is 9.88 Å². The molecular formula is C20H26N2O3. The molecule has 0 radical (unpaired) electrons. The monoisotopic (exact) mass is 342 g/mol. The second-order valence-electron chi connectivity index (χ2n) is 7.51. The largest absolute Gasteiger partial charge is 0.372 e. The molecule has 1 aromatic heterocycles. The van der Waals surface area contributed by atoms with Crippen LogP contribution in [0.15, 0.2) is 29.8 Å². The van der Waals surface area contributed by atoms with Gasteiger partial charge in [-0.2, -0.15) is 0 Å². The fourth-order valence-electron chi connectivity index (χ4n) is 4.09. The SMILES string of the molecule is Cc1cccc(CO[C@@H]2CCOC3(C2)CN(C(=O)C2=CCCC2)C3)n1. The second kappa shape index (κ2) is 6.89. The molecule has 0 unspecified atom stereocenters. The van der Waals surface area contributed by atoms with Crippen molar-refractivity contribution in [3.8, 4) is 0 Å². The standard InChI is InChI=1S/C20H26N2O3/c1-15-5-4-8-17(21-15)12-24-18-9-10-25-20(11-18)13-22(14-20)19(23)16-6-2-3-7-16/h4-6,8,18H,2-3,7,9-14H2,1H3/t18-/m1/s1. The maximum Gasteiger partial charge on any atom is 0.249 e. The summed E-state index contributed by atoms with van der Waals surface area (Å²) in [5.41, 5.74) is 2.78. The van der Waals surface area contributed by atoms with Crippen molar-refractivity contribution >= 4 is 5.91 Å². The Kier molecular flexibility index (Phi) is 4.61. The smallest absolute Gasteiger partial charge is 0.249 e. The highest BCUT2D eigenvalue weighted by Crippen LogP contribution is 2.37. The van der Waals surface area contributed by atoms with Crippen LogP contribution in [0.25, 0.3) is 0 Å². The Morgan fingerprint density at radius 3 is 3.08 bits per heavy atom. The van der Waals surface area contributed by atoms with Gasteiger partial charge in [-0.25, -0.2) is 0 Å². The second-order valence-corrected chi connectivity index (χ2v) is 7.51. The molecule has 5 heteroatoms. The van der Waals surface area contributed by atoms with Gasteiger partial charge < -0.3 is 14.4 Å². The number of likely N-dealkylation sites (tertiary alicyclic amines) is 1. The molecule has 0 N–H and O–H groups in total. The third kappa shape index (κ3) is 3.62. The van der Waals surface area contributed by atoms with E-state index in [1.807, 2.05) is 30.0 Å². The maximum atomic E-state index is 12.4. The molecule has 1 aromatic rings. The molecule has 0 bridgehead atoms. The molecule has 134 valence electrons. The van der Waals surface area contributed by atoms with E-state index in [0.29, 0.717) is 26.3 Å². The molecule has 1 amide bonds. The zero-order valence-corrected chi connectivity index (χ0v) is 14.9. The maximum absolute atomic E-state index is 12.4. The number of pyridine rings is 1. The van der Waals surface area contributed by atoms with Gasteiger partial charge in [0.25, 0.3) is 0 Å². The molecular weight excluding hydrogens is 316 g/mol. The zero-order chi connectivity index (χ0) is 17.3. The fraction of sp³-hybridized carbons (Fsp3) is 0.600. The molecule has 0 saturated carbocycles. The van der Waals surface area contributed by atoms with Gasteiger partial charge >= 0.3 is 0 Å². The number of ether oxygens (including phenoxy) is 2. The average molecular weight is 342 g/mol. The molecule has 2 fully saturated rings. The van der Waals surface area contributed by atoms with Gasteiger partial charge in [0.15, 0.2) is 0 Å². The summed E-state index contributed by atoms with van der Waals surface area (Å²) in [5, 5.41) is 0. The number of rotatable bonds is 4. The topological polar surface area (TPSA) is 51.7 Å². The van der Waals surface area contributed by atoms with Gasteiger partial charge in [-0.15, -0.1) is 0 Å². The van der Waals surface area contributed by atoms with Crippen LogP contribution in [0.3, 0.4) is 0 Å². The summed E-state index contributed by atoms with van der Waals surface area (Å²) in [7, 11) is 0. The first-order valence-electron chi connectivity index (χ1n) is 9.30. The number of carbonyl (C=O) groups excluding carboxylic acids is 1. The number of aromatic nitrogens is 1. The number of carbonyl (C=O) groups is 1. The Labute approximate surface area is 149 Å². The van der Waals surface area contributed by atoms with E-state index in [0.717, 1.165) is 49.1 Å².